The first kappa shape index (κ1) is 31.3. The number of carbonyl (C=O) groups excluding carboxylic acids is 2. The van der Waals surface area contributed by atoms with Crippen LogP contribution in [0, 0.1) is 23.7 Å². The van der Waals surface area contributed by atoms with E-state index >= 15 is 0 Å². The maximum atomic E-state index is 14.1. The maximum Gasteiger partial charge on any atom is 0.455 e. The van der Waals surface area contributed by atoms with E-state index in [0.717, 1.165) is 38.1 Å². The van der Waals surface area contributed by atoms with E-state index in [0.29, 0.717) is 24.9 Å². The fourth-order valence-electron chi connectivity index (χ4n) is 7.22. The van der Waals surface area contributed by atoms with E-state index in [9.17, 15) is 19.7 Å². The van der Waals surface area contributed by atoms with Crippen LogP contribution in [0.1, 0.15) is 45.6 Å². The Hall–Kier alpha value is -3.66. The number of nitrogens with zero attached hydrogens (tertiary/aromatic N) is 1. The molecule has 0 spiro atoms. The van der Waals surface area contributed by atoms with Crippen LogP contribution in [0.3, 0.4) is 0 Å². The summed E-state index contributed by atoms with van der Waals surface area (Å²) in [6, 6.07) is 22.5. The van der Waals surface area contributed by atoms with Crippen molar-refractivity contribution in [1.29, 1.82) is 0 Å². The van der Waals surface area contributed by atoms with Gasteiger partial charge in [-0.2, -0.15) is 0 Å². The zero-order valence-corrected chi connectivity index (χ0v) is 27.3. The molecule has 2 fully saturated rings. The summed E-state index contributed by atoms with van der Waals surface area (Å²) in [6.45, 7) is 6.27. The Morgan fingerprint density at radius 3 is 2.47 bits per heavy atom. The summed E-state index contributed by atoms with van der Waals surface area (Å²) in [5.41, 5.74) is 6.41. The third-order valence-corrected chi connectivity index (χ3v) is 9.81. The second-order valence-electron chi connectivity index (χ2n) is 12.7. The number of anilines is 3. The lowest BCUT2D eigenvalue weighted by molar-refractivity contribution is -0.122. The van der Waals surface area contributed by atoms with Crippen molar-refractivity contribution in [3.8, 4) is 5.75 Å². The van der Waals surface area contributed by atoms with Gasteiger partial charge in [0.2, 0.25) is 11.8 Å². The number of rotatable bonds is 8. The summed E-state index contributed by atoms with van der Waals surface area (Å²) in [4.78, 5) is 29.4. The zero-order chi connectivity index (χ0) is 31.8. The smallest absolute Gasteiger partial charge is 0.455 e. The van der Waals surface area contributed by atoms with Crippen LogP contribution in [-0.4, -0.2) is 35.2 Å². The molecule has 232 valence electrons. The monoisotopic (exact) mass is 668 g/mol. The van der Waals surface area contributed by atoms with Crippen LogP contribution in [0.2, 0.25) is 6.32 Å². The van der Waals surface area contributed by atoms with Gasteiger partial charge in [-0.1, -0.05) is 65.2 Å². The van der Waals surface area contributed by atoms with Crippen molar-refractivity contribution in [1.82, 2.24) is 0 Å². The first-order chi connectivity index (χ1) is 21.6. The number of allylic oxidation sites excluding steroid dienone is 2. The molecule has 7 nitrogen and oxygen atoms in total. The molecular weight excluding hydrogens is 631 g/mol. The Morgan fingerprint density at radius 1 is 1.04 bits per heavy atom. The highest BCUT2D eigenvalue weighted by Gasteiger charge is 2.57. The Bertz CT molecular complexity index is 1660. The van der Waals surface area contributed by atoms with Gasteiger partial charge < -0.3 is 20.1 Å². The third kappa shape index (κ3) is 6.39. The molecular formula is C36H38BBrN2O5. The van der Waals surface area contributed by atoms with E-state index in [2.05, 4.69) is 35.1 Å². The maximum absolute atomic E-state index is 14.1. The highest BCUT2D eigenvalue weighted by molar-refractivity contribution is 9.10. The SMILES string of the molecule is C/C(=C\c1cc(Br)ccc1O)CC[C@H]1OB(O)C[C@H]2C1=C(C(C)C)C[C@H]1C(=O)N(c3ccc(Nc4ccccc4)cc3)C(=O)[C@H]12. The van der Waals surface area contributed by atoms with Crippen molar-refractivity contribution in [3.63, 3.8) is 0 Å². The van der Waals surface area contributed by atoms with Crippen molar-refractivity contribution >= 4 is 58.0 Å². The van der Waals surface area contributed by atoms with Crippen LogP contribution in [0.25, 0.3) is 6.08 Å². The molecule has 2 aliphatic heterocycles. The molecule has 2 saturated heterocycles. The molecule has 9 heteroatoms. The van der Waals surface area contributed by atoms with Gasteiger partial charge in [-0.3, -0.25) is 14.5 Å². The predicted molar refractivity (Wildman–Crippen MR) is 182 cm³/mol. The summed E-state index contributed by atoms with van der Waals surface area (Å²) < 4.78 is 7.04. The van der Waals surface area contributed by atoms with Gasteiger partial charge in [-0.05, 0) is 105 Å². The Kier molecular flexibility index (Phi) is 9.04. The number of para-hydroxylation sites is 1. The minimum atomic E-state index is -1.02. The lowest BCUT2D eigenvalue weighted by Gasteiger charge is -2.44. The van der Waals surface area contributed by atoms with Crippen molar-refractivity contribution < 1.29 is 24.4 Å². The molecule has 3 aliphatic rings. The number of benzene rings is 3. The highest BCUT2D eigenvalue weighted by Crippen LogP contribution is 2.52. The van der Waals surface area contributed by atoms with Gasteiger partial charge in [0, 0.05) is 21.4 Å². The molecule has 4 atom stereocenters. The molecule has 3 N–H and O–H groups in total. The molecule has 0 radical (unpaired) electrons. The molecule has 3 aromatic rings. The Morgan fingerprint density at radius 2 is 1.76 bits per heavy atom. The average molecular weight is 669 g/mol. The van der Waals surface area contributed by atoms with E-state index in [1.54, 1.807) is 12.1 Å². The lowest BCUT2D eigenvalue weighted by atomic mass is 9.57. The van der Waals surface area contributed by atoms with Gasteiger partial charge in [-0.15, -0.1) is 0 Å². The van der Waals surface area contributed by atoms with Crippen LogP contribution >= 0.6 is 15.9 Å². The summed E-state index contributed by atoms with van der Waals surface area (Å²) in [5, 5.41) is 24.5. The number of aromatic hydroxyl groups is 1. The van der Waals surface area contributed by atoms with Gasteiger partial charge in [-0.25, -0.2) is 0 Å². The number of imide groups is 1. The van der Waals surface area contributed by atoms with Crippen LogP contribution in [0.15, 0.2) is 94.0 Å². The summed E-state index contributed by atoms with van der Waals surface area (Å²) in [6.07, 6.45) is 3.70. The van der Waals surface area contributed by atoms with Crippen molar-refractivity contribution in [2.45, 2.75) is 52.5 Å². The minimum absolute atomic E-state index is 0.167. The van der Waals surface area contributed by atoms with Crippen LogP contribution in [0.5, 0.6) is 5.75 Å². The van der Waals surface area contributed by atoms with E-state index in [1.807, 2.05) is 73.7 Å². The van der Waals surface area contributed by atoms with Gasteiger partial charge in [0.25, 0.3) is 0 Å². The first-order valence-electron chi connectivity index (χ1n) is 15.6. The molecule has 6 rings (SSSR count). The molecule has 1 aliphatic carbocycles. The normalized spacial score (nSPS) is 23.5. The average Bonchev–Trinajstić information content (AvgIpc) is 3.27. The number of hydrogen-bond acceptors (Lipinski definition) is 6. The molecule has 0 bridgehead atoms. The molecule has 0 aromatic heterocycles. The Labute approximate surface area is 273 Å². The molecule has 2 amide bonds. The molecule has 2 heterocycles. The van der Waals surface area contributed by atoms with Gasteiger partial charge in [0.05, 0.1) is 23.6 Å². The lowest BCUT2D eigenvalue weighted by Crippen LogP contribution is -2.46. The topological polar surface area (TPSA) is 99.1 Å². The van der Waals surface area contributed by atoms with Crippen LogP contribution in [-0.2, 0) is 14.2 Å². The molecule has 45 heavy (non-hydrogen) atoms. The molecule has 3 aromatic carbocycles. The van der Waals surface area contributed by atoms with E-state index in [4.69, 9.17) is 4.65 Å². The van der Waals surface area contributed by atoms with Gasteiger partial charge in [0.1, 0.15) is 5.75 Å². The number of amides is 2. The second-order valence-corrected chi connectivity index (χ2v) is 13.6. The van der Waals surface area contributed by atoms with Gasteiger partial charge >= 0.3 is 7.12 Å². The van der Waals surface area contributed by atoms with Crippen LogP contribution in [0.4, 0.5) is 17.1 Å². The van der Waals surface area contributed by atoms with Crippen LogP contribution < -0.4 is 10.2 Å². The standard InChI is InChI=1S/C36H38BBrN2O5/c1-21(2)28-19-29-34(36(43)40(35(29)42)27-13-11-26(12-14-27)39-25-7-5-4-6-8-25)30-20-37(44)45-32(33(28)30)16-9-22(3)17-23-18-24(38)10-15-31(23)41/h4-8,10-15,17-18,21,29-30,32,34,39,41,44H,9,16,19-20H2,1-3H3/b22-17+/t29-,30+,32-,34-/m1/s1. The highest BCUT2D eigenvalue weighted by atomic mass is 79.9. The van der Waals surface area contributed by atoms with Crippen molar-refractivity contribution in [2.24, 2.45) is 23.7 Å². The fraction of sp³-hybridized carbons (Fsp3) is 0.333. The number of carbonyl (C=O) groups is 2. The van der Waals surface area contributed by atoms with Crippen molar-refractivity contribution in [3.05, 3.63) is 99.6 Å². The van der Waals surface area contributed by atoms with Gasteiger partial charge in [0.15, 0.2) is 0 Å². The molecule has 0 unspecified atom stereocenters. The first-order valence-corrected chi connectivity index (χ1v) is 16.4. The number of phenolic OH excluding ortho intramolecular Hbond substituents is 1. The quantitative estimate of drug-likeness (QED) is 0.129. The zero-order valence-electron chi connectivity index (χ0n) is 25.7. The largest absolute Gasteiger partial charge is 0.507 e. The Balaban J connectivity index is 1.24. The second kappa shape index (κ2) is 13.0. The summed E-state index contributed by atoms with van der Waals surface area (Å²) in [7, 11) is -1.02. The number of phenols is 1. The van der Waals surface area contributed by atoms with E-state index in [1.165, 1.54) is 4.90 Å². The number of nitrogens with one attached hydrogen (secondary N) is 1. The van der Waals surface area contributed by atoms with E-state index < -0.39 is 19.0 Å². The van der Waals surface area contributed by atoms with Crippen molar-refractivity contribution in [2.75, 3.05) is 10.2 Å². The summed E-state index contributed by atoms with van der Waals surface area (Å²) in [5.74, 6) is -1.26. The third-order valence-electron chi connectivity index (χ3n) is 9.32. The molecule has 0 saturated carbocycles. The number of fused-ring (bicyclic) bond motifs is 3. The number of halogens is 1. The summed E-state index contributed by atoms with van der Waals surface area (Å²) >= 11 is 3.47. The minimum Gasteiger partial charge on any atom is -0.507 e. The van der Waals surface area contributed by atoms with E-state index in [-0.39, 0.29) is 41.8 Å². The fourth-order valence-corrected chi connectivity index (χ4v) is 7.60. The number of hydrogen-bond donors (Lipinski definition) is 3. The predicted octanol–water partition coefficient (Wildman–Crippen LogP) is 7.74.